The SMILES string of the molecule is CCOc1cc(/C=N\NC(=O)C(=O)Nc2ccc(F)cc2)ccc1OCC(=O)Nc1cc(Cl)ccc1C. The zero-order chi connectivity index (χ0) is 26.8. The van der Waals surface area contributed by atoms with Gasteiger partial charge in [-0.2, -0.15) is 5.10 Å². The molecule has 11 heteroatoms. The predicted molar refractivity (Wildman–Crippen MR) is 139 cm³/mol. The highest BCUT2D eigenvalue weighted by Gasteiger charge is 2.13. The number of nitrogens with zero attached hydrogens (tertiary/aromatic N) is 1. The van der Waals surface area contributed by atoms with Gasteiger partial charge in [0, 0.05) is 16.4 Å². The number of hydrazone groups is 1. The molecule has 3 aromatic carbocycles. The standard InChI is InChI=1S/C26H24ClFN4O5/c1-3-36-23-12-17(14-29-32-26(35)25(34)30-20-9-7-19(28)8-10-20)5-11-22(23)37-15-24(33)31-21-13-18(27)6-4-16(21)2/h4-14H,3,15H2,1-2H3,(H,30,34)(H,31,33)(H,32,35)/b29-14-. The molecule has 9 nitrogen and oxygen atoms in total. The molecule has 0 aromatic heterocycles. The van der Waals surface area contributed by atoms with Crippen molar-refractivity contribution in [1.82, 2.24) is 5.43 Å². The maximum absolute atomic E-state index is 12.9. The molecule has 0 saturated carbocycles. The molecule has 3 rings (SSSR count). The van der Waals surface area contributed by atoms with Crippen LogP contribution in [0.3, 0.4) is 0 Å². The van der Waals surface area contributed by atoms with Crippen molar-refractivity contribution in [2.45, 2.75) is 13.8 Å². The first-order valence-corrected chi connectivity index (χ1v) is 11.5. The number of anilines is 2. The Kier molecular flexibility index (Phi) is 9.56. The maximum Gasteiger partial charge on any atom is 0.329 e. The summed E-state index contributed by atoms with van der Waals surface area (Å²) < 4.78 is 24.2. The molecule has 0 spiro atoms. The Balaban J connectivity index is 1.56. The fraction of sp³-hybridized carbons (Fsp3) is 0.154. The number of rotatable bonds is 9. The summed E-state index contributed by atoms with van der Waals surface area (Å²) in [6.45, 7) is 3.71. The van der Waals surface area contributed by atoms with Crippen molar-refractivity contribution in [2.75, 3.05) is 23.8 Å². The van der Waals surface area contributed by atoms with Crippen molar-refractivity contribution >= 4 is 46.9 Å². The number of hydrogen-bond acceptors (Lipinski definition) is 6. The molecule has 3 amide bonds. The maximum atomic E-state index is 12.9. The van der Waals surface area contributed by atoms with E-state index in [-0.39, 0.29) is 18.2 Å². The quantitative estimate of drug-likeness (QED) is 0.218. The fourth-order valence-corrected chi connectivity index (χ4v) is 3.16. The number of hydrogen-bond donors (Lipinski definition) is 3. The first kappa shape index (κ1) is 27.2. The van der Waals surface area contributed by atoms with Gasteiger partial charge < -0.3 is 20.1 Å². The lowest BCUT2D eigenvalue weighted by Crippen LogP contribution is -2.32. The van der Waals surface area contributed by atoms with Crippen LogP contribution in [0.15, 0.2) is 65.8 Å². The van der Waals surface area contributed by atoms with E-state index in [1.54, 1.807) is 43.3 Å². The van der Waals surface area contributed by atoms with Crippen LogP contribution in [0.1, 0.15) is 18.1 Å². The second kappa shape index (κ2) is 13.0. The molecule has 3 aromatic rings. The average molecular weight is 527 g/mol. The Labute approximate surface area is 217 Å². The van der Waals surface area contributed by atoms with E-state index in [0.717, 1.165) is 17.7 Å². The predicted octanol–water partition coefficient (Wildman–Crippen LogP) is 4.29. The largest absolute Gasteiger partial charge is 0.490 e. The highest BCUT2D eigenvalue weighted by atomic mass is 35.5. The van der Waals surface area contributed by atoms with Gasteiger partial charge in [0.05, 0.1) is 12.8 Å². The number of carbonyl (C=O) groups is 3. The molecule has 37 heavy (non-hydrogen) atoms. The Morgan fingerprint density at radius 3 is 2.43 bits per heavy atom. The monoisotopic (exact) mass is 526 g/mol. The highest BCUT2D eigenvalue weighted by Crippen LogP contribution is 2.28. The summed E-state index contributed by atoms with van der Waals surface area (Å²) in [4.78, 5) is 36.2. The van der Waals surface area contributed by atoms with Crippen molar-refractivity contribution < 1.29 is 28.2 Å². The number of carbonyl (C=O) groups excluding carboxylic acids is 3. The lowest BCUT2D eigenvalue weighted by atomic mass is 10.2. The van der Waals surface area contributed by atoms with E-state index in [2.05, 4.69) is 21.2 Å². The van der Waals surface area contributed by atoms with Crippen LogP contribution in [0.5, 0.6) is 11.5 Å². The van der Waals surface area contributed by atoms with E-state index in [1.807, 2.05) is 6.92 Å². The van der Waals surface area contributed by atoms with Gasteiger partial charge in [0.1, 0.15) is 5.82 Å². The van der Waals surface area contributed by atoms with Crippen molar-refractivity contribution in [1.29, 1.82) is 0 Å². The van der Waals surface area contributed by atoms with Gasteiger partial charge in [-0.3, -0.25) is 14.4 Å². The molecule has 0 radical (unpaired) electrons. The van der Waals surface area contributed by atoms with Gasteiger partial charge in [-0.25, -0.2) is 9.82 Å². The number of ether oxygens (including phenoxy) is 2. The van der Waals surface area contributed by atoms with Gasteiger partial charge >= 0.3 is 11.8 Å². The molecule has 0 heterocycles. The van der Waals surface area contributed by atoms with Crippen molar-refractivity contribution in [2.24, 2.45) is 5.10 Å². The Morgan fingerprint density at radius 1 is 0.946 bits per heavy atom. The summed E-state index contributed by atoms with van der Waals surface area (Å²) in [6.07, 6.45) is 1.31. The molecule has 0 bridgehead atoms. The van der Waals surface area contributed by atoms with Crippen LogP contribution >= 0.6 is 11.6 Å². The van der Waals surface area contributed by atoms with Crippen LogP contribution in [0, 0.1) is 12.7 Å². The molecule has 3 N–H and O–H groups in total. The van der Waals surface area contributed by atoms with Crippen LogP contribution in [-0.2, 0) is 14.4 Å². The Bertz CT molecular complexity index is 1310. The van der Waals surface area contributed by atoms with Crippen LogP contribution in [0.2, 0.25) is 5.02 Å². The smallest absolute Gasteiger partial charge is 0.329 e. The van der Waals surface area contributed by atoms with Crippen LogP contribution in [0.4, 0.5) is 15.8 Å². The average Bonchev–Trinajstić information content (AvgIpc) is 2.87. The van der Waals surface area contributed by atoms with Crippen LogP contribution in [-0.4, -0.2) is 37.1 Å². The van der Waals surface area contributed by atoms with E-state index in [9.17, 15) is 18.8 Å². The second-order valence-electron chi connectivity index (χ2n) is 7.60. The van der Waals surface area contributed by atoms with E-state index in [4.69, 9.17) is 21.1 Å². The first-order chi connectivity index (χ1) is 17.7. The minimum absolute atomic E-state index is 0.263. The van der Waals surface area contributed by atoms with Crippen molar-refractivity contribution in [3.05, 3.63) is 82.6 Å². The Morgan fingerprint density at radius 2 is 1.70 bits per heavy atom. The molecular formula is C26H24ClFN4O5. The van der Waals surface area contributed by atoms with Gasteiger partial charge in [-0.05, 0) is 79.6 Å². The third-order valence-corrected chi connectivity index (χ3v) is 5.02. The molecule has 192 valence electrons. The zero-order valence-corrected chi connectivity index (χ0v) is 20.8. The molecule has 0 fully saturated rings. The fourth-order valence-electron chi connectivity index (χ4n) is 2.99. The van der Waals surface area contributed by atoms with E-state index in [1.165, 1.54) is 18.3 Å². The minimum atomic E-state index is -1.01. The lowest BCUT2D eigenvalue weighted by molar-refractivity contribution is -0.136. The summed E-state index contributed by atoms with van der Waals surface area (Å²) in [5.74, 6) is -2.12. The van der Waals surface area contributed by atoms with Crippen LogP contribution in [0.25, 0.3) is 0 Å². The van der Waals surface area contributed by atoms with E-state index >= 15 is 0 Å². The number of nitrogens with one attached hydrogen (secondary N) is 3. The third-order valence-electron chi connectivity index (χ3n) is 4.79. The molecule has 0 aliphatic rings. The summed E-state index contributed by atoms with van der Waals surface area (Å²) in [5, 5.41) is 9.35. The zero-order valence-electron chi connectivity index (χ0n) is 20.0. The number of aryl methyl sites for hydroxylation is 1. The lowest BCUT2D eigenvalue weighted by Gasteiger charge is -2.13. The number of amides is 3. The van der Waals surface area contributed by atoms with Crippen LogP contribution < -0.4 is 25.5 Å². The van der Waals surface area contributed by atoms with Gasteiger partial charge in [0.2, 0.25) is 0 Å². The summed E-state index contributed by atoms with van der Waals surface area (Å²) in [5.41, 5.74) is 4.36. The molecule has 0 saturated heterocycles. The topological polar surface area (TPSA) is 118 Å². The highest BCUT2D eigenvalue weighted by molar-refractivity contribution is 6.39. The number of halogens is 2. The summed E-state index contributed by atoms with van der Waals surface area (Å²) >= 11 is 5.99. The van der Waals surface area contributed by atoms with Gasteiger partial charge in [0.15, 0.2) is 18.1 Å². The Hall–Kier alpha value is -4.44. The van der Waals surface area contributed by atoms with E-state index < -0.39 is 17.6 Å². The van der Waals surface area contributed by atoms with Gasteiger partial charge in [-0.1, -0.05) is 17.7 Å². The minimum Gasteiger partial charge on any atom is -0.490 e. The molecular weight excluding hydrogens is 503 g/mol. The molecule has 0 aliphatic carbocycles. The summed E-state index contributed by atoms with van der Waals surface area (Å²) in [7, 11) is 0. The second-order valence-corrected chi connectivity index (χ2v) is 8.03. The molecule has 0 unspecified atom stereocenters. The van der Waals surface area contributed by atoms with E-state index in [0.29, 0.717) is 34.4 Å². The van der Waals surface area contributed by atoms with Gasteiger partial charge in [-0.15, -0.1) is 0 Å². The van der Waals surface area contributed by atoms with Crippen molar-refractivity contribution in [3.8, 4) is 11.5 Å². The molecule has 0 aliphatic heterocycles. The van der Waals surface area contributed by atoms with Gasteiger partial charge in [0.25, 0.3) is 5.91 Å². The normalized spacial score (nSPS) is 10.6. The molecule has 0 atom stereocenters. The van der Waals surface area contributed by atoms with Crippen molar-refractivity contribution in [3.63, 3.8) is 0 Å². The summed E-state index contributed by atoms with van der Waals surface area (Å²) in [6, 6.07) is 15.0. The third kappa shape index (κ3) is 8.32. The first-order valence-electron chi connectivity index (χ1n) is 11.1. The number of benzene rings is 3.